The highest BCUT2D eigenvalue weighted by Gasteiger charge is 2.48. The lowest BCUT2D eigenvalue weighted by molar-refractivity contribution is -0.295. The molecule has 0 bridgehead atoms. The summed E-state index contributed by atoms with van der Waals surface area (Å²) in [5.41, 5.74) is -3.34. The SMILES string of the molecule is CN[C@@H]1[C@H](O)[C@@H](O)[C@H](O[C@H]2c3cc(C)c(C(=O)N[C@H](CO)C(=O)O)c(O)c3-c3c(cc4c(c3O)C(=O)c3cc(OC)cc(O)c3C4=O)[C@@H]2O)O[C@@H]1C. The smallest absolute Gasteiger partial charge is 0.328 e. The number of carboxylic acid groups (broad SMARTS) is 1. The summed E-state index contributed by atoms with van der Waals surface area (Å²) in [7, 11) is 2.82. The van der Waals surface area contributed by atoms with Crippen LogP contribution < -0.4 is 15.4 Å². The molecule has 1 saturated heterocycles. The number of aryl methyl sites for hydroxylation is 1. The molecular formula is C35H36N2O15. The number of nitrogens with one attached hydrogen (secondary N) is 2. The number of hydrogen-bond acceptors (Lipinski definition) is 15. The van der Waals surface area contributed by atoms with Gasteiger partial charge in [0.2, 0.25) is 0 Å². The highest BCUT2D eigenvalue weighted by atomic mass is 16.7. The third kappa shape index (κ3) is 5.54. The van der Waals surface area contributed by atoms with Crippen molar-refractivity contribution >= 4 is 23.4 Å². The molecule has 3 aromatic carbocycles. The zero-order valence-corrected chi connectivity index (χ0v) is 28.1. The van der Waals surface area contributed by atoms with Crippen LogP contribution in [0.5, 0.6) is 23.0 Å². The van der Waals surface area contributed by atoms with Crippen molar-refractivity contribution in [3.8, 4) is 34.1 Å². The van der Waals surface area contributed by atoms with Crippen molar-refractivity contribution in [1.29, 1.82) is 0 Å². The molecule has 3 aromatic rings. The highest BCUT2D eigenvalue weighted by molar-refractivity contribution is 6.31. The van der Waals surface area contributed by atoms with Gasteiger partial charge in [-0.05, 0) is 49.7 Å². The standard InChI is InChI=1S/C35H36N2O15/c1-10-5-16-22(28(43)19(10)33(47)37-17(9-38)34(48)49)21-14(27(42)32(16)52-35-31(46)30(45)24(36-3)11(2)51-35)8-15-23(29(21)44)26(41)13-6-12(50-4)7-18(39)20(13)25(15)40/h5-8,11,17,24,27,30-32,35-36,38-39,42-46H,9H2,1-4H3,(H,37,47)(H,48,49)/t11-,17-,24+,27+,30+,31-,32+,35+/m1/s1. The second-order valence-corrected chi connectivity index (χ2v) is 12.8. The van der Waals surface area contributed by atoms with Gasteiger partial charge in [0.25, 0.3) is 5.91 Å². The van der Waals surface area contributed by atoms with Crippen LogP contribution >= 0.6 is 0 Å². The van der Waals surface area contributed by atoms with Gasteiger partial charge in [0, 0.05) is 28.3 Å². The maximum absolute atomic E-state index is 13.9. The van der Waals surface area contributed by atoms with E-state index in [0.717, 1.165) is 12.1 Å². The number of aromatic hydroxyl groups is 3. The number of ketones is 2. The van der Waals surface area contributed by atoms with Crippen LogP contribution in [0.1, 0.15) is 78.0 Å². The summed E-state index contributed by atoms with van der Waals surface area (Å²) in [6.45, 7) is 1.97. The number of phenolic OH excluding ortho intramolecular Hbond substituents is 3. The molecule has 17 heteroatoms. The Kier molecular flexibility index (Phi) is 9.47. The number of rotatable bonds is 8. The number of phenols is 3. The summed E-state index contributed by atoms with van der Waals surface area (Å²) in [4.78, 5) is 52.8. The Bertz CT molecular complexity index is 2030. The minimum Gasteiger partial charge on any atom is -0.507 e. The summed E-state index contributed by atoms with van der Waals surface area (Å²) < 4.78 is 17.1. The molecule has 17 nitrogen and oxygen atoms in total. The van der Waals surface area contributed by atoms with Gasteiger partial charge < -0.3 is 65.7 Å². The monoisotopic (exact) mass is 724 g/mol. The van der Waals surface area contributed by atoms with Crippen LogP contribution in [0, 0.1) is 6.92 Å². The van der Waals surface area contributed by atoms with Gasteiger partial charge in [-0.1, -0.05) is 6.07 Å². The fraction of sp³-hybridized carbons (Fsp3) is 0.371. The second-order valence-electron chi connectivity index (χ2n) is 12.8. The number of aliphatic carboxylic acids is 1. The average molecular weight is 725 g/mol. The quantitative estimate of drug-likeness (QED) is 0.114. The molecular weight excluding hydrogens is 688 g/mol. The first kappa shape index (κ1) is 36.6. The predicted octanol–water partition coefficient (Wildman–Crippen LogP) is -0.103. The molecule has 1 aliphatic heterocycles. The van der Waals surface area contributed by atoms with Crippen molar-refractivity contribution in [1.82, 2.24) is 10.6 Å². The molecule has 0 radical (unpaired) electrons. The number of carbonyl (C=O) groups excluding carboxylic acids is 3. The topological polar surface area (TPSA) is 282 Å². The molecule has 1 heterocycles. The van der Waals surface area contributed by atoms with Gasteiger partial charge in [0.05, 0.1) is 42.6 Å². The maximum Gasteiger partial charge on any atom is 0.328 e. The van der Waals surface area contributed by atoms with Crippen molar-refractivity contribution in [3.63, 3.8) is 0 Å². The highest BCUT2D eigenvalue weighted by Crippen LogP contribution is 2.57. The summed E-state index contributed by atoms with van der Waals surface area (Å²) in [6.07, 6.45) is -8.85. The number of hydrogen-bond donors (Lipinski definition) is 10. The van der Waals surface area contributed by atoms with Crippen molar-refractivity contribution in [2.45, 2.75) is 62.7 Å². The van der Waals surface area contributed by atoms with Crippen molar-refractivity contribution < 1.29 is 74.2 Å². The predicted molar refractivity (Wildman–Crippen MR) is 175 cm³/mol. The second kappa shape index (κ2) is 13.4. The van der Waals surface area contributed by atoms with E-state index in [1.54, 1.807) is 14.0 Å². The van der Waals surface area contributed by atoms with Crippen LogP contribution in [-0.4, -0.2) is 122 Å². The van der Waals surface area contributed by atoms with E-state index in [-0.39, 0.29) is 33.6 Å². The van der Waals surface area contributed by atoms with Crippen molar-refractivity contribution in [2.75, 3.05) is 20.8 Å². The molecule has 3 aliphatic rings. The lowest BCUT2D eigenvalue weighted by Crippen LogP contribution is -2.61. The number of aliphatic hydroxyl groups excluding tert-OH is 4. The van der Waals surface area contributed by atoms with Crippen LogP contribution in [0.15, 0.2) is 24.3 Å². The van der Waals surface area contributed by atoms with Crippen LogP contribution in [0.3, 0.4) is 0 Å². The number of amides is 1. The van der Waals surface area contributed by atoms with Crippen LogP contribution in [0.25, 0.3) is 11.1 Å². The van der Waals surface area contributed by atoms with E-state index in [2.05, 4.69) is 10.6 Å². The fourth-order valence-corrected chi connectivity index (χ4v) is 7.19. The van der Waals surface area contributed by atoms with E-state index in [1.165, 1.54) is 26.2 Å². The largest absolute Gasteiger partial charge is 0.507 e. The van der Waals surface area contributed by atoms with E-state index in [1.807, 2.05) is 0 Å². The Morgan fingerprint density at radius 1 is 0.904 bits per heavy atom. The van der Waals surface area contributed by atoms with E-state index in [4.69, 9.17) is 14.2 Å². The first-order chi connectivity index (χ1) is 24.6. The van der Waals surface area contributed by atoms with Crippen LogP contribution in [0.4, 0.5) is 0 Å². The molecule has 0 saturated carbocycles. The molecule has 0 unspecified atom stereocenters. The van der Waals surface area contributed by atoms with Gasteiger partial charge in [-0.25, -0.2) is 4.79 Å². The molecule has 8 atom stereocenters. The van der Waals surface area contributed by atoms with E-state index < -0.39 is 124 Å². The van der Waals surface area contributed by atoms with Gasteiger partial charge in [0.15, 0.2) is 23.9 Å². The number of fused-ring (bicyclic) bond motifs is 5. The van der Waals surface area contributed by atoms with Gasteiger partial charge in [-0.15, -0.1) is 0 Å². The molecule has 0 spiro atoms. The van der Waals surface area contributed by atoms with Crippen LogP contribution in [-0.2, 0) is 14.3 Å². The number of carboxylic acids is 1. The molecule has 1 fully saturated rings. The Labute approximate surface area is 294 Å². The molecule has 10 N–H and O–H groups in total. The minimum atomic E-state index is -1.83. The number of carbonyl (C=O) groups is 4. The van der Waals surface area contributed by atoms with Gasteiger partial charge in [-0.3, -0.25) is 14.4 Å². The van der Waals surface area contributed by atoms with E-state index in [9.17, 15) is 60.0 Å². The van der Waals surface area contributed by atoms with E-state index in [0.29, 0.717) is 0 Å². The minimum absolute atomic E-state index is 0.00837. The normalized spacial score (nSPS) is 25.3. The molecule has 52 heavy (non-hydrogen) atoms. The van der Waals surface area contributed by atoms with Crippen molar-refractivity contribution in [2.24, 2.45) is 0 Å². The van der Waals surface area contributed by atoms with Gasteiger partial charge >= 0.3 is 5.97 Å². The lowest BCUT2D eigenvalue weighted by Gasteiger charge is -2.44. The Morgan fingerprint density at radius 3 is 2.15 bits per heavy atom. The number of ether oxygens (including phenoxy) is 3. The molecule has 2 aliphatic carbocycles. The molecule has 0 aromatic heterocycles. The number of methoxy groups -OCH3 is 1. The molecule has 276 valence electrons. The zero-order chi connectivity index (χ0) is 38.1. The lowest BCUT2D eigenvalue weighted by atomic mass is 9.74. The third-order valence-corrected chi connectivity index (χ3v) is 9.77. The molecule has 6 rings (SSSR count). The van der Waals surface area contributed by atoms with Crippen molar-refractivity contribution in [3.05, 3.63) is 68.8 Å². The number of benzene rings is 3. The average Bonchev–Trinajstić information content (AvgIpc) is 3.09. The van der Waals surface area contributed by atoms with E-state index >= 15 is 0 Å². The summed E-state index contributed by atoms with van der Waals surface area (Å²) >= 11 is 0. The Hall–Kier alpha value is -5.14. The number of aliphatic hydroxyl groups is 4. The summed E-state index contributed by atoms with van der Waals surface area (Å²) in [5, 5.41) is 91.9. The summed E-state index contributed by atoms with van der Waals surface area (Å²) in [5.74, 6) is -6.88. The first-order valence-corrected chi connectivity index (χ1v) is 16.0. The zero-order valence-electron chi connectivity index (χ0n) is 28.1. The first-order valence-electron chi connectivity index (χ1n) is 16.0. The van der Waals surface area contributed by atoms with Crippen LogP contribution in [0.2, 0.25) is 0 Å². The Morgan fingerprint density at radius 2 is 1.54 bits per heavy atom. The van der Waals surface area contributed by atoms with Gasteiger partial charge in [-0.2, -0.15) is 0 Å². The van der Waals surface area contributed by atoms with Gasteiger partial charge in [0.1, 0.15) is 47.4 Å². The number of likely N-dealkylation sites (N-methyl/N-ethyl adjacent to an activating group) is 1. The third-order valence-electron chi connectivity index (χ3n) is 9.77. The molecule has 1 amide bonds. The summed E-state index contributed by atoms with van der Waals surface area (Å²) in [6, 6.07) is 2.17. The fourth-order valence-electron chi connectivity index (χ4n) is 7.19. The maximum atomic E-state index is 13.9. The Balaban J connectivity index is 1.58.